The van der Waals surface area contributed by atoms with E-state index in [1.807, 2.05) is 19.0 Å². The third-order valence-electron chi connectivity index (χ3n) is 1.01. The van der Waals surface area contributed by atoms with Crippen LogP contribution in [-0.2, 0) is 9.53 Å². The van der Waals surface area contributed by atoms with Gasteiger partial charge in [-0.1, -0.05) is 6.08 Å². The number of likely N-dealkylation sites (N-methyl/N-ethyl adjacent to an activating group) is 1. The highest BCUT2D eigenvalue weighted by Crippen LogP contribution is 1.82. The predicted octanol–water partition coefficient (Wildman–Crippen LogP) is 0.667. The molecule has 0 bridgehead atoms. The molecule has 0 heterocycles. The maximum atomic E-state index is 10.7. The summed E-state index contributed by atoms with van der Waals surface area (Å²) in [5, 5.41) is 0. The zero-order valence-corrected chi connectivity index (χ0v) is 7.33. The quantitative estimate of drug-likeness (QED) is 0.443. The van der Waals surface area contributed by atoms with Crippen molar-refractivity contribution < 1.29 is 9.53 Å². The van der Waals surface area contributed by atoms with Crippen LogP contribution in [0, 0.1) is 0 Å². The number of esters is 1. The van der Waals surface area contributed by atoms with Crippen LogP contribution in [0.2, 0.25) is 0 Å². The summed E-state index contributed by atoms with van der Waals surface area (Å²) >= 11 is 0. The Kier molecular flexibility index (Phi) is 5.47. The van der Waals surface area contributed by atoms with E-state index >= 15 is 0 Å². The minimum absolute atomic E-state index is 0.269. The molecule has 0 radical (unpaired) electrons. The molecule has 0 amide bonds. The monoisotopic (exact) mass is 157 g/mol. The van der Waals surface area contributed by atoms with Crippen LogP contribution in [0.1, 0.15) is 6.92 Å². The number of hydrogen-bond acceptors (Lipinski definition) is 3. The lowest BCUT2D eigenvalue weighted by Gasteiger charge is -2.03. The molecule has 0 N–H and O–H groups in total. The molecule has 0 aromatic carbocycles. The highest BCUT2D eigenvalue weighted by atomic mass is 16.5. The molecule has 0 fully saturated rings. The van der Waals surface area contributed by atoms with Gasteiger partial charge in [-0.2, -0.15) is 0 Å². The molecule has 0 rings (SSSR count). The number of rotatable bonds is 4. The smallest absolute Gasteiger partial charge is 0.330 e. The Hall–Kier alpha value is -0.830. The average Bonchev–Trinajstić information content (AvgIpc) is 1.87. The van der Waals surface area contributed by atoms with Crippen molar-refractivity contribution in [3.05, 3.63) is 12.2 Å². The van der Waals surface area contributed by atoms with Gasteiger partial charge >= 0.3 is 5.97 Å². The molecule has 0 aromatic rings. The van der Waals surface area contributed by atoms with E-state index in [2.05, 4.69) is 4.74 Å². The van der Waals surface area contributed by atoms with Crippen LogP contribution in [0.4, 0.5) is 0 Å². The Balaban J connectivity index is 3.48. The van der Waals surface area contributed by atoms with Crippen LogP contribution in [0.25, 0.3) is 0 Å². The van der Waals surface area contributed by atoms with Crippen molar-refractivity contribution in [1.82, 2.24) is 4.90 Å². The Morgan fingerprint density at radius 1 is 1.55 bits per heavy atom. The highest BCUT2D eigenvalue weighted by molar-refractivity contribution is 5.81. The maximum Gasteiger partial charge on any atom is 0.330 e. The van der Waals surface area contributed by atoms with Gasteiger partial charge in [0.2, 0.25) is 0 Å². The molecular weight excluding hydrogens is 142 g/mol. The van der Waals surface area contributed by atoms with E-state index in [1.54, 1.807) is 13.0 Å². The zero-order valence-electron chi connectivity index (χ0n) is 7.33. The number of hydrogen-bond donors (Lipinski definition) is 0. The summed E-state index contributed by atoms with van der Waals surface area (Å²) in [6, 6.07) is 0. The van der Waals surface area contributed by atoms with E-state index in [-0.39, 0.29) is 5.97 Å². The van der Waals surface area contributed by atoms with Crippen LogP contribution in [0.3, 0.4) is 0 Å². The topological polar surface area (TPSA) is 29.5 Å². The molecule has 3 heteroatoms. The van der Waals surface area contributed by atoms with Crippen molar-refractivity contribution in [3.63, 3.8) is 0 Å². The largest absolute Gasteiger partial charge is 0.463 e. The van der Waals surface area contributed by atoms with Gasteiger partial charge < -0.3 is 9.64 Å². The molecule has 0 spiro atoms. The Morgan fingerprint density at radius 3 is 2.64 bits per heavy atom. The standard InChI is InChI=1S/C8H15NO2/c1-4-11-8(10)6-5-7-9(2)3/h5-6H,4,7H2,1-3H3. The van der Waals surface area contributed by atoms with Gasteiger partial charge in [-0.25, -0.2) is 4.79 Å². The Bertz CT molecular complexity index is 141. The minimum Gasteiger partial charge on any atom is -0.463 e. The van der Waals surface area contributed by atoms with Gasteiger partial charge in [0.05, 0.1) is 6.61 Å². The first-order valence-corrected chi connectivity index (χ1v) is 3.64. The Labute approximate surface area is 67.6 Å². The van der Waals surface area contributed by atoms with Crippen molar-refractivity contribution in [2.45, 2.75) is 6.92 Å². The molecule has 0 aliphatic rings. The summed E-state index contributed by atoms with van der Waals surface area (Å²) in [4.78, 5) is 12.7. The first kappa shape index (κ1) is 10.2. The molecule has 0 aromatic heterocycles. The van der Waals surface area contributed by atoms with E-state index < -0.39 is 0 Å². The number of nitrogens with zero attached hydrogens (tertiary/aromatic N) is 1. The number of carbonyl (C=O) groups excluding carboxylic acids is 1. The lowest BCUT2D eigenvalue weighted by molar-refractivity contribution is -0.137. The lowest BCUT2D eigenvalue weighted by atomic mass is 10.5. The zero-order chi connectivity index (χ0) is 8.69. The van der Waals surface area contributed by atoms with Crippen molar-refractivity contribution >= 4 is 5.97 Å². The fraction of sp³-hybridized carbons (Fsp3) is 0.625. The van der Waals surface area contributed by atoms with Crippen LogP contribution >= 0.6 is 0 Å². The summed E-state index contributed by atoms with van der Waals surface area (Å²) < 4.78 is 4.68. The molecule has 0 aliphatic carbocycles. The molecule has 3 nitrogen and oxygen atoms in total. The van der Waals surface area contributed by atoms with Gasteiger partial charge in [0.25, 0.3) is 0 Å². The molecule has 0 saturated carbocycles. The Morgan fingerprint density at radius 2 is 2.18 bits per heavy atom. The first-order chi connectivity index (χ1) is 5.16. The van der Waals surface area contributed by atoms with Crippen molar-refractivity contribution in [2.75, 3.05) is 27.2 Å². The van der Waals surface area contributed by atoms with Crippen molar-refractivity contribution in [1.29, 1.82) is 0 Å². The van der Waals surface area contributed by atoms with E-state index in [9.17, 15) is 4.79 Å². The normalized spacial score (nSPS) is 10.9. The summed E-state index contributed by atoms with van der Waals surface area (Å²) in [6.45, 7) is 2.99. The van der Waals surface area contributed by atoms with E-state index in [4.69, 9.17) is 0 Å². The third kappa shape index (κ3) is 7.06. The molecular formula is C8H15NO2. The molecule has 0 atom stereocenters. The minimum atomic E-state index is -0.269. The SMILES string of the molecule is CCOC(=O)C=CCN(C)C. The van der Waals surface area contributed by atoms with Crippen molar-refractivity contribution in [2.24, 2.45) is 0 Å². The van der Waals surface area contributed by atoms with Crippen LogP contribution < -0.4 is 0 Å². The average molecular weight is 157 g/mol. The number of carbonyl (C=O) groups is 1. The van der Waals surface area contributed by atoms with Crippen LogP contribution in [0.5, 0.6) is 0 Å². The second kappa shape index (κ2) is 5.92. The van der Waals surface area contributed by atoms with Gasteiger partial charge in [0, 0.05) is 12.6 Å². The summed E-state index contributed by atoms with van der Waals surface area (Å²) in [5.41, 5.74) is 0. The van der Waals surface area contributed by atoms with Crippen molar-refractivity contribution in [3.8, 4) is 0 Å². The van der Waals surface area contributed by atoms with Crippen LogP contribution in [0.15, 0.2) is 12.2 Å². The third-order valence-corrected chi connectivity index (χ3v) is 1.01. The number of ether oxygens (including phenoxy) is 1. The summed E-state index contributed by atoms with van der Waals surface area (Å²) in [5.74, 6) is -0.269. The maximum absolute atomic E-state index is 10.7. The second-order valence-corrected chi connectivity index (χ2v) is 2.42. The van der Waals surface area contributed by atoms with E-state index in [0.29, 0.717) is 6.61 Å². The van der Waals surface area contributed by atoms with Gasteiger partial charge in [0.15, 0.2) is 0 Å². The summed E-state index contributed by atoms with van der Waals surface area (Å²) in [6.07, 6.45) is 3.22. The summed E-state index contributed by atoms with van der Waals surface area (Å²) in [7, 11) is 3.88. The molecule has 11 heavy (non-hydrogen) atoms. The van der Waals surface area contributed by atoms with E-state index in [0.717, 1.165) is 6.54 Å². The van der Waals surface area contributed by atoms with Gasteiger partial charge in [0.1, 0.15) is 0 Å². The molecule has 0 unspecified atom stereocenters. The van der Waals surface area contributed by atoms with Crippen LogP contribution in [-0.4, -0.2) is 38.1 Å². The van der Waals surface area contributed by atoms with Gasteiger partial charge in [-0.05, 0) is 21.0 Å². The van der Waals surface area contributed by atoms with Gasteiger partial charge in [-0.15, -0.1) is 0 Å². The molecule has 64 valence electrons. The fourth-order valence-corrected chi connectivity index (χ4v) is 0.550. The van der Waals surface area contributed by atoms with E-state index in [1.165, 1.54) is 6.08 Å². The molecule has 0 aliphatic heterocycles. The lowest BCUT2D eigenvalue weighted by Crippen LogP contribution is -2.11. The molecule has 0 saturated heterocycles. The first-order valence-electron chi connectivity index (χ1n) is 3.64. The second-order valence-electron chi connectivity index (χ2n) is 2.42. The van der Waals surface area contributed by atoms with Gasteiger partial charge in [-0.3, -0.25) is 0 Å². The highest BCUT2D eigenvalue weighted by Gasteiger charge is 1.91. The predicted molar refractivity (Wildman–Crippen MR) is 44.3 cm³/mol. The fourth-order valence-electron chi connectivity index (χ4n) is 0.550.